The summed E-state index contributed by atoms with van der Waals surface area (Å²) in [5, 5.41) is 1.40. The number of nitrogens with zero attached hydrogens (tertiary/aromatic N) is 5. The molecule has 2 aliphatic heterocycles. The molecule has 0 aromatic carbocycles. The van der Waals surface area contributed by atoms with E-state index in [-0.39, 0.29) is 41.5 Å². The van der Waals surface area contributed by atoms with Crippen LogP contribution in [0, 0.1) is 5.82 Å². The molecule has 36 heavy (non-hydrogen) atoms. The van der Waals surface area contributed by atoms with Crippen molar-refractivity contribution < 1.29 is 31.9 Å². The highest BCUT2D eigenvalue weighted by molar-refractivity contribution is 6.30. The van der Waals surface area contributed by atoms with E-state index in [1.165, 1.54) is 11.1 Å². The van der Waals surface area contributed by atoms with Gasteiger partial charge in [-0.25, -0.2) is 19.2 Å². The van der Waals surface area contributed by atoms with Crippen LogP contribution in [-0.2, 0) is 9.53 Å². The predicted octanol–water partition coefficient (Wildman–Crippen LogP) is 4.11. The van der Waals surface area contributed by atoms with Gasteiger partial charge in [-0.05, 0) is 45.2 Å². The summed E-state index contributed by atoms with van der Waals surface area (Å²) in [6.07, 6.45) is -3.84. The number of carbonyl (C=O) groups excluding carboxylic acids is 2. The van der Waals surface area contributed by atoms with Crippen molar-refractivity contribution >= 4 is 51.9 Å². The fourth-order valence-corrected chi connectivity index (χ4v) is 5.00. The number of piperazine rings is 1. The molecule has 2 aliphatic rings. The smallest absolute Gasteiger partial charge is 0.444 e. The van der Waals surface area contributed by atoms with Gasteiger partial charge in [0, 0.05) is 25.8 Å². The second-order valence-electron chi connectivity index (χ2n) is 9.77. The first-order chi connectivity index (χ1) is 16.6. The molecule has 2 saturated heterocycles. The molecule has 0 saturated carbocycles. The number of hydrogen-bond acceptors (Lipinski definition) is 7. The molecular formula is C21H22Cl2F4N6O3. The summed E-state index contributed by atoms with van der Waals surface area (Å²) in [6.45, 7) is 4.66. The van der Waals surface area contributed by atoms with Crippen molar-refractivity contribution in [2.45, 2.75) is 57.0 Å². The number of ether oxygens (including phenoxy) is 1. The van der Waals surface area contributed by atoms with Gasteiger partial charge in [0.05, 0.1) is 17.0 Å². The van der Waals surface area contributed by atoms with Crippen LogP contribution in [0.4, 0.5) is 28.2 Å². The number of anilines is 1. The van der Waals surface area contributed by atoms with Gasteiger partial charge in [0.25, 0.3) is 0 Å². The van der Waals surface area contributed by atoms with Crippen LogP contribution in [0.3, 0.4) is 0 Å². The zero-order valence-corrected chi connectivity index (χ0v) is 20.9. The molecule has 2 aromatic rings. The number of alkyl halides is 3. The summed E-state index contributed by atoms with van der Waals surface area (Å²) in [6, 6.07) is -0.495. The number of rotatable bonds is 3. The number of carbonyl (C=O) groups is 2. The van der Waals surface area contributed by atoms with Crippen LogP contribution >= 0.6 is 23.2 Å². The lowest BCUT2D eigenvalue weighted by Gasteiger charge is -2.49. The van der Waals surface area contributed by atoms with E-state index in [1.54, 1.807) is 25.7 Å². The maximum atomic E-state index is 14.6. The molecule has 2 bridgehead atoms. The number of hydrogen-bond donors (Lipinski definition) is 1. The van der Waals surface area contributed by atoms with Crippen LogP contribution in [-0.4, -0.2) is 74.8 Å². The number of amides is 2. The monoisotopic (exact) mass is 552 g/mol. The van der Waals surface area contributed by atoms with Crippen LogP contribution in [0.25, 0.3) is 10.9 Å². The maximum absolute atomic E-state index is 14.6. The summed E-state index contributed by atoms with van der Waals surface area (Å²) < 4.78 is 59.0. The summed E-state index contributed by atoms with van der Waals surface area (Å²) in [5.41, 5.74) is -2.30. The molecule has 2 fully saturated rings. The van der Waals surface area contributed by atoms with Gasteiger partial charge in [-0.15, -0.1) is 0 Å². The number of halogens is 6. The average molecular weight is 553 g/mol. The third-order valence-corrected chi connectivity index (χ3v) is 6.49. The van der Waals surface area contributed by atoms with Crippen molar-refractivity contribution in [3.05, 3.63) is 22.5 Å². The number of aromatic nitrogens is 3. The minimum Gasteiger partial charge on any atom is -0.444 e. The van der Waals surface area contributed by atoms with Gasteiger partial charge in [0.2, 0.25) is 5.28 Å². The van der Waals surface area contributed by atoms with Crippen LogP contribution in [0.2, 0.25) is 10.4 Å². The SMILES string of the molecule is CC(C)(C)OC(=O)N1C2CCC1(CNC(=O)C(F)(F)F)CN(c1nc(Cl)nc3c(F)c(Cl)ncc13)C2. The van der Waals surface area contributed by atoms with E-state index in [0.717, 1.165) is 0 Å². The number of pyridine rings is 1. The van der Waals surface area contributed by atoms with E-state index >= 15 is 0 Å². The lowest BCUT2D eigenvalue weighted by atomic mass is 9.94. The van der Waals surface area contributed by atoms with Crippen LogP contribution in [0.15, 0.2) is 6.20 Å². The molecule has 0 aliphatic carbocycles. The Kier molecular flexibility index (Phi) is 6.61. The second kappa shape index (κ2) is 9.02. The quantitative estimate of drug-likeness (QED) is 0.347. The fourth-order valence-electron chi connectivity index (χ4n) is 4.70. The van der Waals surface area contributed by atoms with E-state index in [1.807, 2.05) is 5.32 Å². The van der Waals surface area contributed by atoms with E-state index in [9.17, 15) is 27.2 Å². The van der Waals surface area contributed by atoms with Crippen molar-refractivity contribution in [3.8, 4) is 0 Å². The van der Waals surface area contributed by atoms with E-state index in [4.69, 9.17) is 27.9 Å². The third kappa shape index (κ3) is 4.95. The van der Waals surface area contributed by atoms with Gasteiger partial charge < -0.3 is 15.0 Å². The summed E-state index contributed by atoms with van der Waals surface area (Å²) in [5.74, 6) is -2.85. The molecule has 2 unspecified atom stereocenters. The first-order valence-electron chi connectivity index (χ1n) is 10.9. The Morgan fingerprint density at radius 3 is 2.58 bits per heavy atom. The normalized spacial score (nSPS) is 22.2. The molecule has 9 nitrogen and oxygen atoms in total. The zero-order chi connectivity index (χ0) is 26.6. The second-order valence-corrected chi connectivity index (χ2v) is 10.5. The molecule has 4 heterocycles. The Labute approximate surface area is 213 Å². The van der Waals surface area contributed by atoms with Crippen molar-refractivity contribution in [3.63, 3.8) is 0 Å². The highest BCUT2D eigenvalue weighted by Gasteiger charge is 2.56. The van der Waals surface area contributed by atoms with Gasteiger partial charge >= 0.3 is 18.2 Å². The van der Waals surface area contributed by atoms with E-state index in [2.05, 4.69) is 15.0 Å². The first-order valence-corrected chi connectivity index (χ1v) is 11.7. The average Bonchev–Trinajstić information content (AvgIpc) is 2.99. The fraction of sp³-hybridized carbons (Fsp3) is 0.571. The molecule has 2 amide bonds. The molecule has 0 spiro atoms. The molecule has 2 atom stereocenters. The van der Waals surface area contributed by atoms with Crippen molar-refractivity contribution in [2.75, 3.05) is 24.5 Å². The zero-order valence-electron chi connectivity index (χ0n) is 19.4. The molecule has 2 aromatic heterocycles. The molecular weight excluding hydrogens is 531 g/mol. The topological polar surface area (TPSA) is 101 Å². The minimum absolute atomic E-state index is 0.0480. The van der Waals surface area contributed by atoms with Gasteiger partial charge in [0.15, 0.2) is 11.0 Å². The lowest BCUT2D eigenvalue weighted by Crippen LogP contribution is -2.68. The Morgan fingerprint density at radius 2 is 1.94 bits per heavy atom. The Hall–Kier alpha value is -2.67. The predicted molar refractivity (Wildman–Crippen MR) is 122 cm³/mol. The van der Waals surface area contributed by atoms with Gasteiger partial charge in [-0.3, -0.25) is 9.69 Å². The summed E-state index contributed by atoms with van der Waals surface area (Å²) in [4.78, 5) is 39.8. The Bertz CT molecular complexity index is 1220. The largest absolute Gasteiger partial charge is 0.471 e. The van der Waals surface area contributed by atoms with Crippen molar-refractivity contribution in [2.24, 2.45) is 0 Å². The Balaban J connectivity index is 1.75. The molecule has 1 N–H and O–H groups in total. The van der Waals surface area contributed by atoms with Crippen LogP contribution in [0.1, 0.15) is 33.6 Å². The highest BCUT2D eigenvalue weighted by Crippen LogP contribution is 2.42. The molecule has 15 heteroatoms. The summed E-state index contributed by atoms with van der Waals surface area (Å²) >= 11 is 11.8. The molecule has 4 rings (SSSR count). The Morgan fingerprint density at radius 1 is 1.25 bits per heavy atom. The van der Waals surface area contributed by atoms with E-state index in [0.29, 0.717) is 6.42 Å². The van der Waals surface area contributed by atoms with Gasteiger partial charge in [-0.2, -0.15) is 18.2 Å². The van der Waals surface area contributed by atoms with Crippen LogP contribution < -0.4 is 10.2 Å². The van der Waals surface area contributed by atoms with Crippen molar-refractivity contribution in [1.82, 2.24) is 25.2 Å². The lowest BCUT2D eigenvalue weighted by molar-refractivity contribution is -0.174. The van der Waals surface area contributed by atoms with Crippen LogP contribution in [0.5, 0.6) is 0 Å². The first kappa shape index (κ1) is 26.4. The molecule has 0 radical (unpaired) electrons. The third-order valence-electron chi connectivity index (χ3n) is 6.05. The maximum Gasteiger partial charge on any atom is 0.471 e. The van der Waals surface area contributed by atoms with E-state index < -0.39 is 52.9 Å². The number of fused-ring (bicyclic) bond motifs is 3. The van der Waals surface area contributed by atoms with Gasteiger partial charge in [0.1, 0.15) is 16.9 Å². The summed E-state index contributed by atoms with van der Waals surface area (Å²) in [7, 11) is 0. The number of nitrogens with one attached hydrogen (secondary N) is 1. The molecule has 196 valence electrons. The minimum atomic E-state index is -5.10. The highest BCUT2D eigenvalue weighted by atomic mass is 35.5. The standard InChI is InChI=1S/C21H22Cl2F4N6O3/c1-19(2,3)36-18(35)33-10-4-5-20(33,8-29-16(34)21(25,26)27)9-32(7-10)15-11-6-28-14(22)12(24)13(11)30-17(23)31-15/h6,10H,4-5,7-9H2,1-3H3,(H,29,34). The van der Waals surface area contributed by atoms with Gasteiger partial charge in [-0.1, -0.05) is 11.6 Å². The van der Waals surface area contributed by atoms with Crippen molar-refractivity contribution in [1.29, 1.82) is 0 Å².